The highest BCUT2D eigenvalue weighted by Gasteiger charge is 2.05. The standard InChI is InChI=1S/C13H16N4O4/c1-20-9-4-3-8(7-10(9)21-2)5-6-14-11-12(18)15-13(19)17-16-11/h3-4,7H,5-6H2,1-2H3,(H,14,16)(H2,15,17,18,19). The Morgan fingerprint density at radius 1 is 1.19 bits per heavy atom. The molecule has 3 N–H and O–H groups in total. The van der Waals surface area contributed by atoms with Gasteiger partial charge in [-0.15, -0.1) is 5.10 Å². The van der Waals surface area contributed by atoms with Crippen molar-refractivity contribution >= 4 is 5.82 Å². The molecule has 1 aromatic heterocycles. The molecular weight excluding hydrogens is 276 g/mol. The highest BCUT2D eigenvalue weighted by molar-refractivity contribution is 5.43. The van der Waals surface area contributed by atoms with Gasteiger partial charge in [0.15, 0.2) is 11.5 Å². The van der Waals surface area contributed by atoms with Gasteiger partial charge in [-0.1, -0.05) is 6.07 Å². The van der Waals surface area contributed by atoms with Crippen LogP contribution in [-0.4, -0.2) is 35.9 Å². The van der Waals surface area contributed by atoms with E-state index in [-0.39, 0.29) is 5.82 Å². The maximum absolute atomic E-state index is 11.4. The number of nitrogens with one attached hydrogen (secondary N) is 3. The van der Waals surface area contributed by atoms with E-state index in [2.05, 4.69) is 20.5 Å². The second kappa shape index (κ2) is 6.60. The van der Waals surface area contributed by atoms with E-state index in [1.54, 1.807) is 14.2 Å². The van der Waals surface area contributed by atoms with E-state index >= 15 is 0 Å². The maximum Gasteiger partial charge on any atom is 0.342 e. The van der Waals surface area contributed by atoms with Crippen molar-refractivity contribution in [3.63, 3.8) is 0 Å². The summed E-state index contributed by atoms with van der Waals surface area (Å²) in [6, 6.07) is 5.60. The van der Waals surface area contributed by atoms with Crippen molar-refractivity contribution in [2.75, 3.05) is 26.1 Å². The van der Waals surface area contributed by atoms with Gasteiger partial charge in [0.1, 0.15) is 0 Å². The molecule has 0 fully saturated rings. The monoisotopic (exact) mass is 292 g/mol. The fourth-order valence-electron chi connectivity index (χ4n) is 1.83. The van der Waals surface area contributed by atoms with Crippen molar-refractivity contribution in [3.05, 3.63) is 44.6 Å². The molecule has 0 unspecified atom stereocenters. The zero-order chi connectivity index (χ0) is 15.2. The molecular formula is C13H16N4O4. The van der Waals surface area contributed by atoms with Crippen molar-refractivity contribution < 1.29 is 9.47 Å². The molecule has 2 rings (SSSR count). The average molecular weight is 292 g/mol. The Morgan fingerprint density at radius 3 is 2.62 bits per heavy atom. The lowest BCUT2D eigenvalue weighted by Crippen LogP contribution is -2.27. The van der Waals surface area contributed by atoms with Crippen molar-refractivity contribution in [1.82, 2.24) is 15.2 Å². The fourth-order valence-corrected chi connectivity index (χ4v) is 1.83. The molecule has 1 aromatic carbocycles. The van der Waals surface area contributed by atoms with Crippen LogP contribution < -0.4 is 26.0 Å². The Hall–Kier alpha value is -2.77. The molecule has 0 amide bonds. The molecule has 0 aliphatic carbocycles. The van der Waals surface area contributed by atoms with Crippen LogP contribution in [0.15, 0.2) is 27.8 Å². The molecule has 1 heterocycles. The largest absolute Gasteiger partial charge is 0.493 e. The second-order valence-electron chi connectivity index (χ2n) is 4.22. The zero-order valence-electron chi connectivity index (χ0n) is 11.7. The summed E-state index contributed by atoms with van der Waals surface area (Å²) in [7, 11) is 3.15. The van der Waals surface area contributed by atoms with Gasteiger partial charge in [-0.3, -0.25) is 9.78 Å². The molecule has 0 bridgehead atoms. The van der Waals surface area contributed by atoms with Crippen molar-refractivity contribution in [2.45, 2.75) is 6.42 Å². The van der Waals surface area contributed by atoms with Gasteiger partial charge in [0.05, 0.1) is 14.2 Å². The molecule has 21 heavy (non-hydrogen) atoms. The van der Waals surface area contributed by atoms with Gasteiger partial charge in [-0.2, -0.15) is 0 Å². The first-order valence-corrected chi connectivity index (χ1v) is 6.28. The molecule has 0 atom stereocenters. The molecule has 0 aliphatic heterocycles. The van der Waals surface area contributed by atoms with E-state index in [9.17, 15) is 9.59 Å². The van der Waals surface area contributed by atoms with Gasteiger partial charge in [0, 0.05) is 6.54 Å². The molecule has 0 aliphatic rings. The Labute approximate surface area is 120 Å². The minimum absolute atomic E-state index is 0.0788. The van der Waals surface area contributed by atoms with Crippen LogP contribution in [0.25, 0.3) is 0 Å². The summed E-state index contributed by atoms with van der Waals surface area (Å²) in [5.41, 5.74) is -0.169. The maximum atomic E-state index is 11.4. The second-order valence-corrected chi connectivity index (χ2v) is 4.22. The summed E-state index contributed by atoms with van der Waals surface area (Å²) in [6.07, 6.45) is 0.653. The lowest BCUT2D eigenvalue weighted by atomic mass is 10.1. The summed E-state index contributed by atoms with van der Waals surface area (Å²) in [4.78, 5) is 24.4. The summed E-state index contributed by atoms with van der Waals surface area (Å²) in [6.45, 7) is 0.484. The molecule has 0 spiro atoms. The lowest BCUT2D eigenvalue weighted by Gasteiger charge is -2.10. The van der Waals surface area contributed by atoms with Crippen LogP contribution >= 0.6 is 0 Å². The summed E-state index contributed by atoms with van der Waals surface area (Å²) >= 11 is 0. The van der Waals surface area contributed by atoms with Crippen molar-refractivity contribution in [1.29, 1.82) is 0 Å². The van der Waals surface area contributed by atoms with Gasteiger partial charge in [0.2, 0.25) is 5.82 Å². The van der Waals surface area contributed by atoms with E-state index in [4.69, 9.17) is 9.47 Å². The first-order valence-electron chi connectivity index (χ1n) is 6.28. The number of methoxy groups -OCH3 is 2. The number of hydrogen-bond acceptors (Lipinski definition) is 6. The zero-order valence-corrected chi connectivity index (χ0v) is 11.7. The summed E-state index contributed by atoms with van der Waals surface area (Å²) in [5.74, 6) is 1.39. The summed E-state index contributed by atoms with van der Waals surface area (Å²) in [5, 5.41) is 8.65. The summed E-state index contributed by atoms with van der Waals surface area (Å²) < 4.78 is 10.4. The van der Waals surface area contributed by atoms with Gasteiger partial charge in [0.25, 0.3) is 5.56 Å². The number of ether oxygens (including phenoxy) is 2. The molecule has 112 valence electrons. The first kappa shape index (κ1) is 14.6. The number of aromatic nitrogens is 3. The third-order valence-electron chi connectivity index (χ3n) is 2.87. The number of aromatic amines is 2. The van der Waals surface area contributed by atoms with E-state index in [0.29, 0.717) is 24.5 Å². The average Bonchev–Trinajstić information content (AvgIpc) is 2.49. The van der Waals surface area contributed by atoms with Crippen LogP contribution in [0.4, 0.5) is 5.82 Å². The fraction of sp³-hybridized carbons (Fsp3) is 0.308. The molecule has 2 aromatic rings. The van der Waals surface area contributed by atoms with Crippen LogP contribution in [0, 0.1) is 0 Å². The quantitative estimate of drug-likeness (QED) is 0.698. The van der Waals surface area contributed by atoms with Gasteiger partial charge >= 0.3 is 5.69 Å². The number of H-pyrrole nitrogens is 2. The number of nitrogens with zero attached hydrogens (tertiary/aromatic N) is 1. The van der Waals surface area contributed by atoms with Crippen molar-refractivity contribution in [2.24, 2.45) is 0 Å². The van der Waals surface area contributed by atoms with E-state index in [1.165, 1.54) is 0 Å². The number of benzene rings is 1. The van der Waals surface area contributed by atoms with Crippen LogP contribution in [0.5, 0.6) is 11.5 Å². The van der Waals surface area contributed by atoms with Gasteiger partial charge in [-0.05, 0) is 24.1 Å². The first-order chi connectivity index (χ1) is 10.1. The smallest absolute Gasteiger partial charge is 0.342 e. The van der Waals surface area contributed by atoms with Crippen LogP contribution in [0.2, 0.25) is 0 Å². The minimum Gasteiger partial charge on any atom is -0.493 e. The Balaban J connectivity index is 2.00. The molecule has 0 radical (unpaired) electrons. The predicted octanol–water partition coefficient (Wildman–Crippen LogP) is 0.130. The van der Waals surface area contributed by atoms with Gasteiger partial charge < -0.3 is 14.8 Å². The molecule has 0 saturated heterocycles. The number of hydrogen-bond donors (Lipinski definition) is 3. The third-order valence-corrected chi connectivity index (χ3v) is 2.87. The van der Waals surface area contributed by atoms with Crippen molar-refractivity contribution in [3.8, 4) is 11.5 Å². The van der Waals surface area contributed by atoms with E-state index in [1.807, 2.05) is 18.2 Å². The Kier molecular flexibility index (Phi) is 4.60. The molecule has 0 saturated carbocycles. The highest BCUT2D eigenvalue weighted by Crippen LogP contribution is 2.27. The third kappa shape index (κ3) is 3.62. The van der Waals surface area contributed by atoms with Crippen LogP contribution in [0.1, 0.15) is 5.56 Å². The SMILES string of the molecule is COc1ccc(CCNc2n[nH]c(=O)[nH]c2=O)cc1OC. The van der Waals surface area contributed by atoms with Gasteiger partial charge in [-0.25, -0.2) is 9.89 Å². The van der Waals surface area contributed by atoms with E-state index in [0.717, 1.165) is 5.56 Å². The Morgan fingerprint density at radius 2 is 1.95 bits per heavy atom. The highest BCUT2D eigenvalue weighted by atomic mass is 16.5. The number of anilines is 1. The van der Waals surface area contributed by atoms with Crippen LogP contribution in [0.3, 0.4) is 0 Å². The minimum atomic E-state index is -0.634. The lowest BCUT2D eigenvalue weighted by molar-refractivity contribution is 0.354. The normalized spacial score (nSPS) is 10.2. The Bertz CT molecular complexity index is 723. The molecule has 8 nitrogen and oxygen atoms in total. The van der Waals surface area contributed by atoms with Crippen LogP contribution in [-0.2, 0) is 6.42 Å². The molecule has 8 heteroatoms. The predicted molar refractivity (Wildman–Crippen MR) is 77.2 cm³/mol. The van der Waals surface area contributed by atoms with E-state index < -0.39 is 11.2 Å². The number of rotatable bonds is 6. The topological polar surface area (TPSA) is 109 Å².